The van der Waals surface area contributed by atoms with E-state index in [1.165, 1.54) is 23.1 Å². The second-order valence-electron chi connectivity index (χ2n) is 4.44. The SMILES string of the molecule is O=C1CC(=O)N(CCc2ccccc2C(F)(F)F)C1. The van der Waals surface area contributed by atoms with Crippen molar-refractivity contribution in [2.45, 2.75) is 19.0 Å². The zero-order valence-corrected chi connectivity index (χ0v) is 10.0. The van der Waals surface area contributed by atoms with Gasteiger partial charge in [-0.1, -0.05) is 18.2 Å². The highest BCUT2D eigenvalue weighted by molar-refractivity contribution is 6.05. The van der Waals surface area contributed by atoms with E-state index >= 15 is 0 Å². The molecule has 0 bridgehead atoms. The molecule has 1 saturated heterocycles. The summed E-state index contributed by atoms with van der Waals surface area (Å²) < 4.78 is 38.3. The van der Waals surface area contributed by atoms with Crippen molar-refractivity contribution in [1.29, 1.82) is 0 Å². The highest BCUT2D eigenvalue weighted by Crippen LogP contribution is 2.32. The molecule has 0 radical (unpaired) electrons. The lowest BCUT2D eigenvalue weighted by Crippen LogP contribution is -2.28. The monoisotopic (exact) mass is 271 g/mol. The summed E-state index contributed by atoms with van der Waals surface area (Å²) in [5.41, 5.74) is -0.546. The summed E-state index contributed by atoms with van der Waals surface area (Å²) in [6.45, 7) is 0.144. The number of amides is 1. The van der Waals surface area contributed by atoms with Gasteiger partial charge in [0.15, 0.2) is 5.78 Å². The molecule has 0 aliphatic carbocycles. The number of carbonyl (C=O) groups is 2. The Morgan fingerprint density at radius 1 is 1.16 bits per heavy atom. The molecule has 0 saturated carbocycles. The molecule has 1 amide bonds. The third kappa shape index (κ3) is 3.13. The largest absolute Gasteiger partial charge is 0.416 e. The molecule has 102 valence electrons. The third-order valence-corrected chi connectivity index (χ3v) is 3.04. The summed E-state index contributed by atoms with van der Waals surface area (Å²) in [7, 11) is 0. The Morgan fingerprint density at radius 2 is 1.84 bits per heavy atom. The van der Waals surface area contributed by atoms with Crippen molar-refractivity contribution in [1.82, 2.24) is 4.90 Å². The summed E-state index contributed by atoms with van der Waals surface area (Å²) in [6, 6.07) is 5.27. The number of hydrogen-bond donors (Lipinski definition) is 0. The molecule has 6 heteroatoms. The maximum Gasteiger partial charge on any atom is 0.416 e. The van der Waals surface area contributed by atoms with E-state index in [0.717, 1.165) is 6.07 Å². The van der Waals surface area contributed by atoms with E-state index in [-0.39, 0.29) is 43.2 Å². The molecule has 0 unspecified atom stereocenters. The number of likely N-dealkylation sites (tertiary alicyclic amines) is 1. The highest BCUT2D eigenvalue weighted by atomic mass is 19.4. The van der Waals surface area contributed by atoms with Crippen LogP contribution in [0.25, 0.3) is 0 Å². The number of nitrogens with zero attached hydrogens (tertiary/aromatic N) is 1. The summed E-state index contributed by atoms with van der Waals surface area (Å²) in [6.07, 6.45) is -4.45. The van der Waals surface area contributed by atoms with Crippen LogP contribution >= 0.6 is 0 Å². The molecule has 0 atom stereocenters. The van der Waals surface area contributed by atoms with Gasteiger partial charge in [0.2, 0.25) is 5.91 Å². The average Bonchev–Trinajstić information content (AvgIpc) is 2.64. The number of benzene rings is 1. The number of Topliss-reactive ketones (excluding diaryl/α,β-unsaturated/α-hetero) is 1. The van der Waals surface area contributed by atoms with E-state index in [9.17, 15) is 22.8 Å². The molecule has 1 fully saturated rings. The van der Waals surface area contributed by atoms with Gasteiger partial charge in [0, 0.05) is 6.54 Å². The maximum atomic E-state index is 12.8. The zero-order valence-electron chi connectivity index (χ0n) is 10.0. The van der Waals surface area contributed by atoms with Gasteiger partial charge in [-0.05, 0) is 18.1 Å². The van der Waals surface area contributed by atoms with Gasteiger partial charge in [-0.3, -0.25) is 9.59 Å². The van der Waals surface area contributed by atoms with E-state index in [1.807, 2.05) is 0 Å². The van der Waals surface area contributed by atoms with E-state index < -0.39 is 11.7 Å². The molecule has 1 aliphatic rings. The minimum Gasteiger partial charge on any atom is -0.335 e. The van der Waals surface area contributed by atoms with Crippen LogP contribution in [0.4, 0.5) is 13.2 Å². The molecule has 0 spiro atoms. The molecule has 1 heterocycles. The predicted molar refractivity (Wildman–Crippen MR) is 61.4 cm³/mol. The molecule has 1 aliphatic heterocycles. The van der Waals surface area contributed by atoms with Gasteiger partial charge in [0.25, 0.3) is 0 Å². The minimum absolute atomic E-state index is 0.00696. The Hall–Kier alpha value is -1.85. The number of alkyl halides is 3. The van der Waals surface area contributed by atoms with Crippen LogP contribution < -0.4 is 0 Å². The minimum atomic E-state index is -4.40. The fraction of sp³-hybridized carbons (Fsp3) is 0.385. The maximum absolute atomic E-state index is 12.8. The molecule has 0 N–H and O–H groups in total. The number of ketones is 1. The van der Waals surface area contributed by atoms with Gasteiger partial charge in [0.1, 0.15) is 0 Å². The first-order valence-electron chi connectivity index (χ1n) is 5.82. The smallest absolute Gasteiger partial charge is 0.335 e. The van der Waals surface area contributed by atoms with Crippen LogP contribution in [-0.2, 0) is 22.2 Å². The predicted octanol–water partition coefficient (Wildman–Crippen LogP) is 2.05. The molecular formula is C13H12F3NO2. The molecule has 1 aromatic carbocycles. The summed E-state index contributed by atoms with van der Waals surface area (Å²) >= 11 is 0. The van der Waals surface area contributed by atoms with Crippen LogP contribution in [-0.4, -0.2) is 29.7 Å². The molecule has 0 aromatic heterocycles. The summed E-state index contributed by atoms with van der Waals surface area (Å²) in [4.78, 5) is 23.7. The second kappa shape index (κ2) is 5.03. The van der Waals surface area contributed by atoms with Crippen LogP contribution in [0, 0.1) is 0 Å². The van der Waals surface area contributed by atoms with Gasteiger partial charge in [-0.2, -0.15) is 13.2 Å². The van der Waals surface area contributed by atoms with Crippen LogP contribution in [0.2, 0.25) is 0 Å². The lowest BCUT2D eigenvalue weighted by Gasteiger charge is -2.17. The fourth-order valence-corrected chi connectivity index (χ4v) is 2.11. The Kier molecular flexibility index (Phi) is 3.59. The normalized spacial score (nSPS) is 16.3. The van der Waals surface area contributed by atoms with Crippen LogP contribution in [0.5, 0.6) is 0 Å². The summed E-state index contributed by atoms with van der Waals surface area (Å²) in [5, 5.41) is 0. The van der Waals surface area contributed by atoms with E-state index in [2.05, 4.69) is 0 Å². The fourth-order valence-electron chi connectivity index (χ4n) is 2.11. The van der Waals surface area contributed by atoms with Gasteiger partial charge in [-0.15, -0.1) is 0 Å². The van der Waals surface area contributed by atoms with Crippen molar-refractivity contribution in [3.63, 3.8) is 0 Å². The van der Waals surface area contributed by atoms with E-state index in [0.29, 0.717) is 0 Å². The number of carbonyl (C=O) groups excluding carboxylic acids is 2. The Bertz CT molecular complexity index is 511. The van der Waals surface area contributed by atoms with Gasteiger partial charge < -0.3 is 4.90 Å². The number of halogens is 3. The van der Waals surface area contributed by atoms with E-state index in [4.69, 9.17) is 0 Å². The average molecular weight is 271 g/mol. The molecule has 2 rings (SSSR count). The first-order valence-corrected chi connectivity index (χ1v) is 5.82. The van der Waals surface area contributed by atoms with E-state index in [1.54, 1.807) is 0 Å². The molecular weight excluding hydrogens is 259 g/mol. The van der Waals surface area contributed by atoms with Crippen LogP contribution in [0.1, 0.15) is 17.5 Å². The van der Waals surface area contributed by atoms with Crippen molar-refractivity contribution < 1.29 is 22.8 Å². The van der Waals surface area contributed by atoms with Gasteiger partial charge in [0.05, 0.1) is 18.5 Å². The van der Waals surface area contributed by atoms with Gasteiger partial charge in [-0.25, -0.2) is 0 Å². The zero-order chi connectivity index (χ0) is 14.0. The Labute approximate surface area is 108 Å². The Balaban J connectivity index is 2.08. The molecule has 19 heavy (non-hydrogen) atoms. The van der Waals surface area contributed by atoms with Crippen molar-refractivity contribution >= 4 is 11.7 Å². The first kappa shape index (κ1) is 13.6. The number of hydrogen-bond acceptors (Lipinski definition) is 2. The standard InChI is InChI=1S/C13H12F3NO2/c14-13(15,16)11-4-2-1-3-9(11)5-6-17-8-10(18)7-12(17)19/h1-4H,5-8H2. The lowest BCUT2D eigenvalue weighted by atomic mass is 10.0. The molecule has 3 nitrogen and oxygen atoms in total. The molecule has 1 aromatic rings. The van der Waals surface area contributed by atoms with Crippen LogP contribution in [0.3, 0.4) is 0 Å². The quantitative estimate of drug-likeness (QED) is 0.789. The van der Waals surface area contributed by atoms with Crippen LogP contribution in [0.15, 0.2) is 24.3 Å². The number of rotatable bonds is 3. The summed E-state index contributed by atoms with van der Waals surface area (Å²) in [5.74, 6) is -0.497. The highest BCUT2D eigenvalue weighted by Gasteiger charge is 2.33. The second-order valence-corrected chi connectivity index (χ2v) is 4.44. The van der Waals surface area contributed by atoms with Crippen molar-refractivity contribution in [2.24, 2.45) is 0 Å². The Morgan fingerprint density at radius 3 is 2.42 bits per heavy atom. The van der Waals surface area contributed by atoms with Crippen molar-refractivity contribution in [2.75, 3.05) is 13.1 Å². The topological polar surface area (TPSA) is 37.4 Å². The van der Waals surface area contributed by atoms with Crippen molar-refractivity contribution in [3.8, 4) is 0 Å². The lowest BCUT2D eigenvalue weighted by molar-refractivity contribution is -0.138. The first-order chi connectivity index (χ1) is 8.88. The van der Waals surface area contributed by atoms with Gasteiger partial charge >= 0.3 is 6.18 Å². The van der Waals surface area contributed by atoms with Crippen molar-refractivity contribution in [3.05, 3.63) is 35.4 Å². The third-order valence-electron chi connectivity index (χ3n) is 3.04.